The molecule has 0 saturated carbocycles. The number of para-hydroxylation sites is 1. The minimum absolute atomic E-state index is 0.610. The Morgan fingerprint density at radius 1 is 0.447 bits per heavy atom. The van der Waals surface area contributed by atoms with E-state index in [9.17, 15) is 0 Å². The zero-order chi connectivity index (χ0) is 31.7. The number of hydrogen-bond acceptors (Lipinski definition) is 3. The van der Waals surface area contributed by atoms with Gasteiger partial charge in [-0.3, -0.25) is 4.57 Å². The summed E-state index contributed by atoms with van der Waals surface area (Å²) in [6.45, 7) is 7.11. The highest BCUT2D eigenvalue weighted by Gasteiger charge is 2.23. The summed E-state index contributed by atoms with van der Waals surface area (Å²) in [4.78, 5) is 15.6. The summed E-state index contributed by atoms with van der Waals surface area (Å²) >= 11 is 0. The van der Waals surface area contributed by atoms with E-state index in [1.807, 2.05) is 18.2 Å². The Morgan fingerprint density at radius 3 is 1.72 bits per heavy atom. The summed E-state index contributed by atoms with van der Waals surface area (Å²) in [6.07, 6.45) is 0. The van der Waals surface area contributed by atoms with E-state index in [-0.39, 0.29) is 0 Å². The van der Waals surface area contributed by atoms with Crippen LogP contribution in [-0.2, 0) is 0 Å². The van der Waals surface area contributed by atoms with E-state index in [2.05, 4.69) is 146 Å². The van der Waals surface area contributed by atoms with Gasteiger partial charge < -0.3 is 0 Å². The zero-order valence-corrected chi connectivity index (χ0v) is 27.6. The van der Waals surface area contributed by atoms with Crippen LogP contribution in [0.2, 0.25) is 19.6 Å². The van der Waals surface area contributed by atoms with Gasteiger partial charge in [-0.25, -0.2) is 4.98 Å². The lowest BCUT2D eigenvalue weighted by Crippen LogP contribution is -2.37. The Labute approximate surface area is 274 Å². The minimum atomic E-state index is -1.46. The van der Waals surface area contributed by atoms with Gasteiger partial charge in [-0.1, -0.05) is 158 Å². The summed E-state index contributed by atoms with van der Waals surface area (Å²) in [6, 6.07) is 49.7. The van der Waals surface area contributed by atoms with Crippen molar-refractivity contribution in [3.05, 3.63) is 140 Å². The van der Waals surface area contributed by atoms with Crippen LogP contribution in [0.4, 0.5) is 0 Å². The van der Waals surface area contributed by atoms with Crippen LogP contribution in [0.15, 0.2) is 140 Å². The number of rotatable bonds is 4. The number of nitrogens with zero attached hydrogens (tertiary/aromatic N) is 4. The first kappa shape index (κ1) is 27.6. The molecule has 0 aliphatic rings. The molecular formula is C42H32N4Si. The SMILES string of the molecule is C[Si](C)(C)c1ccc(-c2nc(-c3ccccc3)nc(-n3c4ccccc4c4c5ccccc5c5c6ccccc6ccc5c43)n2)cc1. The fourth-order valence-electron chi connectivity index (χ4n) is 7.08. The number of hydrogen-bond donors (Lipinski definition) is 0. The van der Waals surface area contributed by atoms with Gasteiger partial charge in [0.2, 0.25) is 5.95 Å². The van der Waals surface area contributed by atoms with Crippen molar-refractivity contribution in [2.24, 2.45) is 0 Å². The molecule has 0 radical (unpaired) electrons. The zero-order valence-electron chi connectivity index (χ0n) is 26.6. The Kier molecular flexibility index (Phi) is 6.14. The molecule has 9 rings (SSSR count). The first-order valence-corrected chi connectivity index (χ1v) is 19.6. The van der Waals surface area contributed by atoms with Gasteiger partial charge in [0.25, 0.3) is 0 Å². The highest BCUT2D eigenvalue weighted by atomic mass is 28.3. The van der Waals surface area contributed by atoms with E-state index in [0.717, 1.165) is 22.2 Å². The molecule has 0 spiro atoms. The second-order valence-corrected chi connectivity index (χ2v) is 18.4. The molecule has 0 N–H and O–H groups in total. The Hall–Kier alpha value is -5.65. The molecule has 0 atom stereocenters. The van der Waals surface area contributed by atoms with Gasteiger partial charge >= 0.3 is 0 Å². The van der Waals surface area contributed by atoms with Crippen LogP contribution in [0, 0.1) is 0 Å². The molecule has 2 aromatic heterocycles. The summed E-state index contributed by atoms with van der Waals surface area (Å²) in [5.74, 6) is 1.93. The maximum absolute atomic E-state index is 5.27. The molecule has 7 aromatic carbocycles. The van der Waals surface area contributed by atoms with Crippen LogP contribution in [0.5, 0.6) is 0 Å². The van der Waals surface area contributed by atoms with Crippen LogP contribution >= 0.6 is 0 Å². The average molecular weight is 621 g/mol. The molecule has 0 fully saturated rings. The highest BCUT2D eigenvalue weighted by molar-refractivity contribution is 6.88. The van der Waals surface area contributed by atoms with E-state index in [4.69, 9.17) is 15.0 Å². The third-order valence-electron chi connectivity index (χ3n) is 9.39. The van der Waals surface area contributed by atoms with E-state index >= 15 is 0 Å². The van der Waals surface area contributed by atoms with Crippen LogP contribution < -0.4 is 5.19 Å². The molecule has 0 aliphatic heterocycles. The lowest BCUT2D eigenvalue weighted by Gasteiger charge is -2.17. The van der Waals surface area contributed by atoms with Crippen molar-refractivity contribution in [2.75, 3.05) is 0 Å². The van der Waals surface area contributed by atoms with Crippen molar-refractivity contribution in [1.82, 2.24) is 19.5 Å². The topological polar surface area (TPSA) is 43.6 Å². The second kappa shape index (κ2) is 10.4. The van der Waals surface area contributed by atoms with Crippen LogP contribution in [0.25, 0.3) is 82.8 Å². The smallest absolute Gasteiger partial charge is 0.238 e. The maximum Gasteiger partial charge on any atom is 0.238 e. The molecule has 9 aromatic rings. The molecule has 0 unspecified atom stereocenters. The fraction of sp³-hybridized carbons (Fsp3) is 0.0714. The molecule has 0 bridgehead atoms. The molecule has 2 heterocycles. The molecule has 5 heteroatoms. The summed E-state index contributed by atoms with van der Waals surface area (Å²) in [7, 11) is -1.46. The highest BCUT2D eigenvalue weighted by Crippen LogP contribution is 2.44. The van der Waals surface area contributed by atoms with Gasteiger partial charge in [0.15, 0.2) is 11.6 Å². The van der Waals surface area contributed by atoms with Gasteiger partial charge in [0.1, 0.15) is 0 Å². The quantitative estimate of drug-likeness (QED) is 0.145. The number of benzene rings is 7. The Bertz CT molecular complexity index is 2650. The van der Waals surface area contributed by atoms with Crippen molar-refractivity contribution in [3.8, 4) is 28.7 Å². The summed E-state index contributed by atoms with van der Waals surface area (Å²) in [5, 5.41) is 11.2. The summed E-state index contributed by atoms with van der Waals surface area (Å²) in [5.41, 5.74) is 4.11. The largest absolute Gasteiger partial charge is 0.277 e. The predicted octanol–water partition coefficient (Wildman–Crippen LogP) is 10.3. The van der Waals surface area contributed by atoms with Crippen molar-refractivity contribution < 1.29 is 0 Å². The maximum atomic E-state index is 5.27. The van der Waals surface area contributed by atoms with Crippen molar-refractivity contribution in [3.63, 3.8) is 0 Å². The monoisotopic (exact) mass is 620 g/mol. The van der Waals surface area contributed by atoms with E-state index in [1.54, 1.807) is 0 Å². The van der Waals surface area contributed by atoms with Gasteiger partial charge in [-0.2, -0.15) is 9.97 Å². The van der Waals surface area contributed by atoms with Crippen LogP contribution in [0.3, 0.4) is 0 Å². The van der Waals surface area contributed by atoms with Gasteiger partial charge in [-0.15, -0.1) is 0 Å². The van der Waals surface area contributed by atoms with Crippen LogP contribution in [0.1, 0.15) is 0 Å². The summed E-state index contributed by atoms with van der Waals surface area (Å²) < 4.78 is 2.27. The van der Waals surface area contributed by atoms with Crippen molar-refractivity contribution >= 4 is 67.4 Å². The Balaban J connectivity index is 1.44. The number of fused-ring (bicyclic) bond motifs is 10. The van der Waals surface area contributed by atoms with E-state index < -0.39 is 8.07 Å². The lowest BCUT2D eigenvalue weighted by atomic mass is 9.93. The molecule has 47 heavy (non-hydrogen) atoms. The first-order valence-electron chi connectivity index (χ1n) is 16.1. The van der Waals surface area contributed by atoms with Gasteiger partial charge in [-0.05, 0) is 33.0 Å². The normalized spacial score (nSPS) is 12.1. The lowest BCUT2D eigenvalue weighted by molar-refractivity contribution is 0.955. The third-order valence-corrected chi connectivity index (χ3v) is 11.5. The predicted molar refractivity (Wildman–Crippen MR) is 201 cm³/mol. The molecule has 224 valence electrons. The minimum Gasteiger partial charge on any atom is -0.277 e. The fourth-order valence-corrected chi connectivity index (χ4v) is 8.25. The average Bonchev–Trinajstić information content (AvgIpc) is 3.47. The molecule has 0 amide bonds. The molecule has 4 nitrogen and oxygen atoms in total. The van der Waals surface area contributed by atoms with Gasteiger partial charge in [0.05, 0.1) is 19.1 Å². The second-order valence-electron chi connectivity index (χ2n) is 13.3. The third kappa shape index (κ3) is 4.38. The molecular weight excluding hydrogens is 589 g/mol. The number of aromatic nitrogens is 4. The van der Waals surface area contributed by atoms with Gasteiger partial charge in [0, 0.05) is 27.3 Å². The van der Waals surface area contributed by atoms with E-state index in [1.165, 1.54) is 48.3 Å². The Morgan fingerprint density at radius 2 is 1.02 bits per heavy atom. The van der Waals surface area contributed by atoms with E-state index in [0.29, 0.717) is 17.6 Å². The molecule has 0 aliphatic carbocycles. The van der Waals surface area contributed by atoms with Crippen LogP contribution in [-0.4, -0.2) is 27.6 Å². The van der Waals surface area contributed by atoms with Crippen molar-refractivity contribution in [1.29, 1.82) is 0 Å². The molecule has 0 saturated heterocycles. The standard InChI is InChI=1S/C42H32N4Si/c1-47(2,3)30-24-21-29(22-25-30)41-43-40(28-14-5-4-6-15-28)44-42(45-41)46-36-20-12-11-19-34(36)38-33-18-10-9-17-32(33)37-31-16-8-7-13-27(31)23-26-35(37)39(38)46/h4-26H,1-3H3. The first-order chi connectivity index (χ1) is 23.0. The van der Waals surface area contributed by atoms with Crippen molar-refractivity contribution in [2.45, 2.75) is 19.6 Å².